The maximum atomic E-state index is 12.0. The number of carbonyl (C=O) groups excluding carboxylic acids is 1. The van der Waals surface area contributed by atoms with Crippen LogP contribution in [0.1, 0.15) is 13.3 Å². The van der Waals surface area contributed by atoms with Crippen molar-refractivity contribution in [3.63, 3.8) is 0 Å². The van der Waals surface area contributed by atoms with E-state index in [-0.39, 0.29) is 12.5 Å². The van der Waals surface area contributed by atoms with Crippen LogP contribution in [-0.2, 0) is 4.79 Å². The van der Waals surface area contributed by atoms with Crippen LogP contribution in [0.25, 0.3) is 5.69 Å². The largest absolute Gasteiger partial charge is 0.494 e. The molecule has 0 aliphatic carbocycles. The topological polar surface area (TPSA) is 78.3 Å². The van der Waals surface area contributed by atoms with Gasteiger partial charge in [-0.05, 0) is 55.0 Å². The summed E-state index contributed by atoms with van der Waals surface area (Å²) in [6, 6.07) is 14.5. The fourth-order valence-electron chi connectivity index (χ4n) is 2.24. The molecular weight excluding hydrogens is 332 g/mol. The first-order chi connectivity index (χ1) is 12.7. The molecule has 0 fully saturated rings. The van der Waals surface area contributed by atoms with Crippen molar-refractivity contribution in [3.05, 3.63) is 61.2 Å². The van der Waals surface area contributed by atoms with E-state index in [9.17, 15) is 4.79 Å². The van der Waals surface area contributed by atoms with Crippen molar-refractivity contribution >= 4 is 11.6 Å². The van der Waals surface area contributed by atoms with E-state index in [2.05, 4.69) is 22.3 Å². The maximum absolute atomic E-state index is 12.0. The second-order valence-electron chi connectivity index (χ2n) is 5.54. The van der Waals surface area contributed by atoms with Gasteiger partial charge in [-0.1, -0.05) is 6.92 Å². The molecule has 3 rings (SSSR count). The van der Waals surface area contributed by atoms with Gasteiger partial charge in [-0.3, -0.25) is 4.79 Å². The smallest absolute Gasteiger partial charge is 0.262 e. The molecule has 1 aromatic heterocycles. The van der Waals surface area contributed by atoms with Crippen LogP contribution in [-0.4, -0.2) is 33.9 Å². The minimum atomic E-state index is -0.232. The van der Waals surface area contributed by atoms with Crippen molar-refractivity contribution in [2.75, 3.05) is 18.5 Å². The molecule has 26 heavy (non-hydrogen) atoms. The molecule has 1 amide bonds. The van der Waals surface area contributed by atoms with E-state index < -0.39 is 0 Å². The molecule has 0 aliphatic heterocycles. The van der Waals surface area contributed by atoms with Crippen molar-refractivity contribution in [2.24, 2.45) is 0 Å². The van der Waals surface area contributed by atoms with E-state index in [4.69, 9.17) is 9.47 Å². The molecule has 0 radical (unpaired) electrons. The molecule has 134 valence electrons. The zero-order chi connectivity index (χ0) is 18.2. The SMILES string of the molecule is CCCOc1ccc(OCC(=O)Nc2ccc(-n3cncn3)cc2)cc1. The van der Waals surface area contributed by atoms with Gasteiger partial charge in [0.25, 0.3) is 5.91 Å². The van der Waals surface area contributed by atoms with Crippen LogP contribution >= 0.6 is 0 Å². The van der Waals surface area contributed by atoms with Crippen LogP contribution in [0.5, 0.6) is 11.5 Å². The molecule has 0 saturated carbocycles. The highest BCUT2D eigenvalue weighted by atomic mass is 16.5. The summed E-state index contributed by atoms with van der Waals surface area (Å²) in [5.41, 5.74) is 1.55. The van der Waals surface area contributed by atoms with E-state index in [1.54, 1.807) is 35.3 Å². The van der Waals surface area contributed by atoms with Gasteiger partial charge in [-0.25, -0.2) is 9.67 Å². The van der Waals surface area contributed by atoms with Crippen molar-refractivity contribution in [1.29, 1.82) is 0 Å². The van der Waals surface area contributed by atoms with Gasteiger partial charge < -0.3 is 14.8 Å². The van der Waals surface area contributed by atoms with Crippen LogP contribution in [0, 0.1) is 0 Å². The lowest BCUT2D eigenvalue weighted by Gasteiger charge is -2.09. The van der Waals surface area contributed by atoms with Crippen LogP contribution in [0.15, 0.2) is 61.2 Å². The summed E-state index contributed by atoms with van der Waals surface area (Å²) < 4.78 is 12.6. The molecule has 0 atom stereocenters. The minimum Gasteiger partial charge on any atom is -0.494 e. The number of aromatic nitrogens is 3. The van der Waals surface area contributed by atoms with E-state index in [1.165, 1.54) is 6.33 Å². The number of carbonyl (C=O) groups is 1. The number of nitrogens with zero attached hydrogens (tertiary/aromatic N) is 3. The summed E-state index contributed by atoms with van der Waals surface area (Å²) in [4.78, 5) is 15.9. The first-order valence-electron chi connectivity index (χ1n) is 8.35. The van der Waals surface area contributed by atoms with Gasteiger partial charge in [0.1, 0.15) is 24.2 Å². The Morgan fingerprint density at radius 2 is 1.73 bits per heavy atom. The van der Waals surface area contributed by atoms with Gasteiger partial charge in [0, 0.05) is 5.69 Å². The monoisotopic (exact) mass is 352 g/mol. The molecule has 7 nitrogen and oxygen atoms in total. The molecule has 3 aromatic rings. The summed E-state index contributed by atoms with van der Waals surface area (Å²) in [6.07, 6.45) is 4.04. The Bertz CT molecular complexity index is 815. The summed E-state index contributed by atoms with van der Waals surface area (Å²) in [7, 11) is 0. The first kappa shape index (κ1) is 17.5. The van der Waals surface area contributed by atoms with Gasteiger partial charge in [-0.2, -0.15) is 5.10 Å². The molecule has 0 saturated heterocycles. The van der Waals surface area contributed by atoms with Gasteiger partial charge in [-0.15, -0.1) is 0 Å². The number of benzene rings is 2. The Morgan fingerprint density at radius 1 is 1.04 bits per heavy atom. The second kappa shape index (κ2) is 8.66. The standard InChI is InChI=1S/C19H20N4O3/c1-2-11-25-17-7-9-18(10-8-17)26-12-19(24)22-15-3-5-16(6-4-15)23-14-20-13-21-23/h3-10,13-14H,2,11-12H2,1H3,(H,22,24). The Labute approximate surface area is 151 Å². The highest BCUT2D eigenvalue weighted by Crippen LogP contribution is 2.18. The molecule has 1 heterocycles. The Balaban J connectivity index is 1.48. The van der Waals surface area contributed by atoms with Crippen LogP contribution in [0.3, 0.4) is 0 Å². The van der Waals surface area contributed by atoms with Gasteiger partial charge in [0.15, 0.2) is 6.61 Å². The van der Waals surface area contributed by atoms with E-state index in [0.717, 1.165) is 17.9 Å². The predicted octanol–water partition coefficient (Wildman–Crippen LogP) is 3.07. The third kappa shape index (κ3) is 4.83. The summed E-state index contributed by atoms with van der Waals surface area (Å²) >= 11 is 0. The lowest BCUT2D eigenvalue weighted by molar-refractivity contribution is -0.118. The summed E-state index contributed by atoms with van der Waals surface area (Å²) in [6.45, 7) is 2.66. The van der Waals surface area contributed by atoms with E-state index in [0.29, 0.717) is 18.0 Å². The fraction of sp³-hybridized carbons (Fsp3) is 0.211. The highest BCUT2D eigenvalue weighted by molar-refractivity contribution is 5.91. The third-order valence-corrected chi connectivity index (χ3v) is 3.50. The van der Waals surface area contributed by atoms with Gasteiger partial charge in [0.2, 0.25) is 0 Å². The number of hydrogen-bond acceptors (Lipinski definition) is 5. The Hall–Kier alpha value is -3.35. The number of rotatable bonds is 8. The fourth-order valence-corrected chi connectivity index (χ4v) is 2.24. The van der Waals surface area contributed by atoms with E-state index >= 15 is 0 Å². The van der Waals surface area contributed by atoms with Crippen LogP contribution < -0.4 is 14.8 Å². The maximum Gasteiger partial charge on any atom is 0.262 e. The minimum absolute atomic E-state index is 0.0695. The van der Waals surface area contributed by atoms with Crippen LogP contribution in [0.4, 0.5) is 5.69 Å². The molecule has 0 unspecified atom stereocenters. The number of hydrogen-bond donors (Lipinski definition) is 1. The number of anilines is 1. The number of amides is 1. The molecule has 0 bridgehead atoms. The number of nitrogens with one attached hydrogen (secondary N) is 1. The Morgan fingerprint density at radius 3 is 2.35 bits per heavy atom. The molecule has 0 spiro atoms. The third-order valence-electron chi connectivity index (χ3n) is 3.50. The van der Waals surface area contributed by atoms with E-state index in [1.807, 2.05) is 24.3 Å². The number of ether oxygens (including phenoxy) is 2. The quantitative estimate of drug-likeness (QED) is 0.674. The average molecular weight is 352 g/mol. The van der Waals surface area contributed by atoms with Crippen molar-refractivity contribution in [1.82, 2.24) is 14.8 Å². The Kier molecular flexibility index (Phi) is 5.82. The van der Waals surface area contributed by atoms with Crippen LogP contribution in [0.2, 0.25) is 0 Å². The molecule has 7 heteroatoms. The van der Waals surface area contributed by atoms with Gasteiger partial charge in [0.05, 0.1) is 12.3 Å². The molecule has 2 aromatic carbocycles. The van der Waals surface area contributed by atoms with Gasteiger partial charge >= 0.3 is 0 Å². The average Bonchev–Trinajstić information content (AvgIpc) is 3.21. The molecular formula is C19H20N4O3. The zero-order valence-electron chi connectivity index (χ0n) is 14.5. The lowest BCUT2D eigenvalue weighted by Crippen LogP contribution is -2.20. The lowest BCUT2D eigenvalue weighted by atomic mass is 10.3. The first-order valence-corrected chi connectivity index (χ1v) is 8.35. The molecule has 1 N–H and O–H groups in total. The second-order valence-corrected chi connectivity index (χ2v) is 5.54. The normalized spacial score (nSPS) is 10.3. The predicted molar refractivity (Wildman–Crippen MR) is 97.7 cm³/mol. The molecule has 0 aliphatic rings. The van der Waals surface area contributed by atoms with Crippen molar-refractivity contribution in [2.45, 2.75) is 13.3 Å². The highest BCUT2D eigenvalue weighted by Gasteiger charge is 2.05. The summed E-state index contributed by atoms with van der Waals surface area (Å²) in [5, 5.41) is 6.84. The van der Waals surface area contributed by atoms with Crippen molar-refractivity contribution < 1.29 is 14.3 Å². The van der Waals surface area contributed by atoms with Crippen molar-refractivity contribution in [3.8, 4) is 17.2 Å². The summed E-state index contributed by atoms with van der Waals surface area (Å²) in [5.74, 6) is 1.17. The zero-order valence-corrected chi connectivity index (χ0v) is 14.5.